The third-order valence-corrected chi connectivity index (χ3v) is 8.47. The van der Waals surface area contributed by atoms with Crippen LogP contribution in [0.3, 0.4) is 0 Å². The Morgan fingerprint density at radius 3 is 2.20 bits per heavy atom. The Morgan fingerprint density at radius 2 is 1.32 bits per heavy atom. The summed E-state index contributed by atoms with van der Waals surface area (Å²) in [5, 5.41) is 7.58. The van der Waals surface area contributed by atoms with Gasteiger partial charge in [0, 0.05) is 32.8 Å². The molecule has 1 aliphatic heterocycles. The fourth-order valence-corrected chi connectivity index (χ4v) is 6.74. The van der Waals surface area contributed by atoms with E-state index in [4.69, 9.17) is 10.7 Å². The van der Waals surface area contributed by atoms with Gasteiger partial charge in [0.25, 0.3) is 0 Å². The molecule has 0 bridgehead atoms. The Labute approximate surface area is 230 Å². The summed E-state index contributed by atoms with van der Waals surface area (Å²) in [5.41, 5.74) is 16.2. The molecule has 2 N–H and O–H groups in total. The van der Waals surface area contributed by atoms with E-state index >= 15 is 0 Å². The van der Waals surface area contributed by atoms with Crippen LogP contribution in [0, 0.1) is 0 Å². The minimum absolute atomic E-state index is 0.698. The van der Waals surface area contributed by atoms with Gasteiger partial charge in [-0.3, -0.25) is 0 Å². The zero-order chi connectivity index (χ0) is 26.4. The Bertz CT molecular complexity index is 2350. The van der Waals surface area contributed by atoms with Crippen molar-refractivity contribution in [3.8, 4) is 5.69 Å². The number of nitrogens with two attached hydrogens (primary N) is 1. The predicted molar refractivity (Wildman–Crippen MR) is 168 cm³/mol. The summed E-state index contributed by atoms with van der Waals surface area (Å²) < 4.78 is 4.86. The average Bonchev–Trinajstić information content (AvgIpc) is 3.62. The van der Waals surface area contributed by atoms with Crippen LogP contribution in [0.1, 0.15) is 5.56 Å². The Kier molecular flexibility index (Phi) is 4.23. The molecule has 188 valence electrons. The van der Waals surface area contributed by atoms with Crippen molar-refractivity contribution in [2.75, 3.05) is 5.73 Å². The highest BCUT2D eigenvalue weighted by molar-refractivity contribution is 6.31. The molecule has 0 spiro atoms. The third kappa shape index (κ3) is 2.82. The summed E-state index contributed by atoms with van der Waals surface area (Å²) in [5.74, 6) is 0. The maximum Gasteiger partial charge on any atom is 0.0863 e. The summed E-state index contributed by atoms with van der Waals surface area (Å²) in [4.78, 5) is 5.11. The molecule has 0 amide bonds. The van der Waals surface area contributed by atoms with Crippen molar-refractivity contribution in [3.05, 3.63) is 127 Å². The molecule has 4 heteroatoms. The van der Waals surface area contributed by atoms with Gasteiger partial charge in [0.1, 0.15) is 0 Å². The van der Waals surface area contributed by atoms with E-state index in [-0.39, 0.29) is 0 Å². The van der Waals surface area contributed by atoms with Crippen molar-refractivity contribution in [1.29, 1.82) is 0 Å². The number of benzene rings is 6. The molecule has 0 radical (unpaired) electrons. The number of anilines is 1. The molecule has 4 nitrogen and oxygen atoms in total. The molecule has 6 aromatic carbocycles. The molecule has 40 heavy (non-hydrogen) atoms. The van der Waals surface area contributed by atoms with Crippen LogP contribution in [-0.4, -0.2) is 14.8 Å². The number of hydrogen-bond donors (Lipinski definition) is 1. The fraction of sp³-hybridized carbons (Fsp3) is 0.0278. The van der Waals surface area contributed by atoms with Gasteiger partial charge in [-0.2, -0.15) is 0 Å². The smallest absolute Gasteiger partial charge is 0.0863 e. The zero-order valence-corrected chi connectivity index (χ0v) is 21.7. The van der Waals surface area contributed by atoms with Gasteiger partial charge >= 0.3 is 0 Å². The standard InChI is InChI=1S/C36H24N4/c37-29-15-7-8-16-30(29)38-31-21-39-33-19-26-25-14-6-9-17-32(25)40(23-11-2-1-3-12-23)34(26)20-28(33)35-24-13-5-4-10-22(24)18-27(31)36(35)39/h1-20H,21,37H2/b38-31+. The number of aromatic nitrogens is 2. The van der Waals surface area contributed by atoms with Gasteiger partial charge in [0.05, 0.1) is 45.7 Å². The predicted octanol–water partition coefficient (Wildman–Crippen LogP) is 8.76. The van der Waals surface area contributed by atoms with Crippen LogP contribution < -0.4 is 5.73 Å². The Morgan fingerprint density at radius 1 is 0.600 bits per heavy atom. The highest BCUT2D eigenvalue weighted by Gasteiger charge is 2.27. The van der Waals surface area contributed by atoms with Crippen LogP contribution >= 0.6 is 0 Å². The van der Waals surface area contributed by atoms with Crippen molar-refractivity contribution >= 4 is 71.5 Å². The summed E-state index contributed by atoms with van der Waals surface area (Å²) in [7, 11) is 0. The fourth-order valence-electron chi connectivity index (χ4n) is 6.74. The highest BCUT2D eigenvalue weighted by atomic mass is 15.0. The van der Waals surface area contributed by atoms with Gasteiger partial charge < -0.3 is 14.9 Å². The number of para-hydroxylation sites is 4. The molecular weight excluding hydrogens is 488 g/mol. The number of hydrogen-bond acceptors (Lipinski definition) is 2. The number of nitrogens with zero attached hydrogens (tertiary/aromatic N) is 3. The molecule has 8 aromatic rings. The van der Waals surface area contributed by atoms with Crippen molar-refractivity contribution in [2.45, 2.75) is 6.54 Å². The van der Waals surface area contributed by atoms with Gasteiger partial charge in [-0.15, -0.1) is 0 Å². The molecule has 2 aromatic heterocycles. The quantitative estimate of drug-likeness (QED) is 0.231. The molecule has 3 heterocycles. The SMILES string of the molecule is Nc1ccccc1/N=C1\Cn2c3cc4c5ccccc5n(-c5ccccc5)c4cc3c3c4ccccc4cc1c32. The number of aliphatic imine (C=N–C) groups is 1. The minimum Gasteiger partial charge on any atom is -0.397 e. The van der Waals surface area contributed by atoms with Crippen LogP contribution in [0.25, 0.3) is 60.1 Å². The van der Waals surface area contributed by atoms with Gasteiger partial charge in [0.15, 0.2) is 0 Å². The first-order valence-corrected chi connectivity index (χ1v) is 13.6. The highest BCUT2D eigenvalue weighted by Crippen LogP contribution is 2.44. The number of rotatable bonds is 2. The second-order valence-corrected chi connectivity index (χ2v) is 10.6. The van der Waals surface area contributed by atoms with Crippen LogP contribution in [0.4, 0.5) is 11.4 Å². The van der Waals surface area contributed by atoms with Crippen molar-refractivity contribution in [2.24, 2.45) is 4.99 Å². The van der Waals surface area contributed by atoms with E-state index in [0.717, 1.165) is 11.4 Å². The summed E-state index contributed by atoms with van der Waals surface area (Å²) in [6, 6.07) is 43.1. The van der Waals surface area contributed by atoms with E-state index in [2.05, 4.69) is 106 Å². The van der Waals surface area contributed by atoms with E-state index in [0.29, 0.717) is 12.2 Å². The molecular formula is C36H24N4. The molecule has 0 unspecified atom stereocenters. The lowest BCUT2D eigenvalue weighted by Gasteiger charge is -2.09. The largest absolute Gasteiger partial charge is 0.397 e. The van der Waals surface area contributed by atoms with Gasteiger partial charge in [-0.05, 0) is 59.3 Å². The normalized spacial score (nSPS) is 14.1. The second kappa shape index (κ2) is 7.84. The number of fused-ring (bicyclic) bond motifs is 8. The third-order valence-electron chi connectivity index (χ3n) is 8.47. The summed E-state index contributed by atoms with van der Waals surface area (Å²) >= 11 is 0. The summed E-state index contributed by atoms with van der Waals surface area (Å²) in [6.07, 6.45) is 0. The lowest BCUT2D eigenvalue weighted by Crippen LogP contribution is -2.03. The van der Waals surface area contributed by atoms with Crippen LogP contribution in [0.15, 0.2) is 126 Å². The Balaban J connectivity index is 1.44. The monoisotopic (exact) mass is 512 g/mol. The van der Waals surface area contributed by atoms with Crippen LogP contribution in [0.2, 0.25) is 0 Å². The first-order valence-electron chi connectivity index (χ1n) is 13.6. The molecule has 0 atom stereocenters. The average molecular weight is 513 g/mol. The minimum atomic E-state index is 0.698. The van der Waals surface area contributed by atoms with E-state index < -0.39 is 0 Å². The molecule has 9 rings (SSSR count). The topological polar surface area (TPSA) is 48.2 Å². The summed E-state index contributed by atoms with van der Waals surface area (Å²) in [6.45, 7) is 0.711. The van der Waals surface area contributed by atoms with E-state index in [1.807, 2.05) is 24.3 Å². The van der Waals surface area contributed by atoms with Gasteiger partial charge in [-0.25, -0.2) is 4.99 Å². The second-order valence-electron chi connectivity index (χ2n) is 10.6. The molecule has 0 saturated carbocycles. The van der Waals surface area contributed by atoms with Crippen molar-refractivity contribution in [1.82, 2.24) is 9.13 Å². The number of nitrogen functional groups attached to an aromatic ring is 1. The first-order chi connectivity index (χ1) is 19.8. The van der Waals surface area contributed by atoms with Gasteiger partial charge in [-0.1, -0.05) is 72.8 Å². The van der Waals surface area contributed by atoms with E-state index in [1.165, 1.54) is 65.6 Å². The van der Waals surface area contributed by atoms with Crippen LogP contribution in [0.5, 0.6) is 0 Å². The van der Waals surface area contributed by atoms with Crippen molar-refractivity contribution in [3.63, 3.8) is 0 Å². The Hall–Kier alpha value is -5.35. The van der Waals surface area contributed by atoms with Crippen LogP contribution in [-0.2, 0) is 6.54 Å². The zero-order valence-electron chi connectivity index (χ0n) is 21.7. The lowest BCUT2D eigenvalue weighted by atomic mass is 9.98. The van der Waals surface area contributed by atoms with Crippen molar-refractivity contribution < 1.29 is 0 Å². The van der Waals surface area contributed by atoms with E-state index in [1.54, 1.807) is 0 Å². The molecule has 0 aliphatic carbocycles. The van der Waals surface area contributed by atoms with Gasteiger partial charge in [0.2, 0.25) is 0 Å². The lowest BCUT2D eigenvalue weighted by molar-refractivity contribution is 0.963. The molecule has 0 fully saturated rings. The molecule has 0 saturated heterocycles. The maximum atomic E-state index is 6.31. The first kappa shape index (κ1) is 21.6. The maximum absolute atomic E-state index is 6.31. The van der Waals surface area contributed by atoms with E-state index in [9.17, 15) is 0 Å². The molecule has 1 aliphatic rings.